The van der Waals surface area contributed by atoms with Crippen LogP contribution in [0.4, 0.5) is 13.2 Å². The lowest BCUT2D eigenvalue weighted by molar-refractivity contribution is -0.137. The SMILES string of the molecule is Cc1ccc(S(=O)(=O)NCCNC(=O)C2CC2c2ccc(C(F)(F)F)cc2)cc1. The molecule has 1 aliphatic rings. The lowest BCUT2D eigenvalue weighted by Gasteiger charge is -2.09. The zero-order chi connectivity index (χ0) is 21.2. The van der Waals surface area contributed by atoms with Gasteiger partial charge in [0, 0.05) is 19.0 Å². The average molecular weight is 426 g/mol. The van der Waals surface area contributed by atoms with Crippen molar-refractivity contribution in [3.8, 4) is 0 Å². The summed E-state index contributed by atoms with van der Waals surface area (Å²) < 4.78 is 64.6. The highest BCUT2D eigenvalue weighted by Gasteiger charge is 2.44. The Balaban J connectivity index is 1.44. The number of halogens is 3. The van der Waals surface area contributed by atoms with Gasteiger partial charge >= 0.3 is 6.18 Å². The quantitative estimate of drug-likeness (QED) is 0.668. The fourth-order valence-electron chi connectivity index (χ4n) is 3.08. The average Bonchev–Trinajstić information content (AvgIpc) is 3.46. The third-order valence-corrected chi connectivity index (χ3v) is 6.32. The number of sulfonamides is 1. The molecule has 0 bridgehead atoms. The van der Waals surface area contributed by atoms with E-state index in [9.17, 15) is 26.4 Å². The van der Waals surface area contributed by atoms with Crippen LogP contribution in [0.5, 0.6) is 0 Å². The van der Waals surface area contributed by atoms with E-state index in [0.717, 1.165) is 17.7 Å². The molecule has 29 heavy (non-hydrogen) atoms. The van der Waals surface area contributed by atoms with E-state index in [0.29, 0.717) is 12.0 Å². The summed E-state index contributed by atoms with van der Waals surface area (Å²) in [4.78, 5) is 12.3. The molecule has 2 aromatic rings. The maximum absolute atomic E-state index is 12.6. The van der Waals surface area contributed by atoms with Gasteiger partial charge in [0.15, 0.2) is 0 Å². The van der Waals surface area contributed by atoms with E-state index < -0.39 is 21.8 Å². The lowest BCUT2D eigenvalue weighted by atomic mass is 10.1. The molecule has 0 saturated heterocycles. The molecule has 5 nitrogen and oxygen atoms in total. The van der Waals surface area contributed by atoms with Gasteiger partial charge in [0.2, 0.25) is 15.9 Å². The molecule has 0 radical (unpaired) electrons. The fraction of sp³-hybridized carbons (Fsp3) is 0.350. The van der Waals surface area contributed by atoms with Crippen LogP contribution in [0.1, 0.15) is 29.0 Å². The highest BCUT2D eigenvalue weighted by molar-refractivity contribution is 7.89. The highest BCUT2D eigenvalue weighted by atomic mass is 32.2. The number of nitrogens with one attached hydrogen (secondary N) is 2. The van der Waals surface area contributed by atoms with E-state index in [1.165, 1.54) is 24.3 Å². The molecule has 1 amide bonds. The highest BCUT2D eigenvalue weighted by Crippen LogP contribution is 2.47. The molecule has 0 aromatic heterocycles. The van der Waals surface area contributed by atoms with Gasteiger partial charge in [-0.15, -0.1) is 0 Å². The fourth-order valence-corrected chi connectivity index (χ4v) is 4.11. The van der Waals surface area contributed by atoms with Crippen LogP contribution in [0.3, 0.4) is 0 Å². The molecule has 0 spiro atoms. The first-order valence-corrected chi connectivity index (χ1v) is 10.6. The van der Waals surface area contributed by atoms with Crippen LogP contribution in [0, 0.1) is 12.8 Å². The van der Waals surface area contributed by atoms with Crippen molar-refractivity contribution >= 4 is 15.9 Å². The molecule has 0 heterocycles. The Morgan fingerprint density at radius 1 is 1.03 bits per heavy atom. The van der Waals surface area contributed by atoms with Crippen molar-refractivity contribution in [2.45, 2.75) is 30.3 Å². The van der Waals surface area contributed by atoms with Crippen molar-refractivity contribution in [2.24, 2.45) is 5.92 Å². The maximum atomic E-state index is 12.6. The third kappa shape index (κ3) is 5.36. The van der Waals surface area contributed by atoms with Crippen molar-refractivity contribution in [1.82, 2.24) is 10.0 Å². The Morgan fingerprint density at radius 2 is 1.66 bits per heavy atom. The molecule has 1 saturated carbocycles. The van der Waals surface area contributed by atoms with Crippen molar-refractivity contribution < 1.29 is 26.4 Å². The number of hydrogen-bond donors (Lipinski definition) is 2. The van der Waals surface area contributed by atoms with E-state index >= 15 is 0 Å². The second kappa shape index (κ2) is 8.16. The largest absolute Gasteiger partial charge is 0.416 e. The lowest BCUT2D eigenvalue weighted by Crippen LogP contribution is -2.35. The first kappa shape index (κ1) is 21.3. The van der Waals surface area contributed by atoms with Gasteiger partial charge < -0.3 is 5.32 Å². The first-order chi connectivity index (χ1) is 13.6. The number of aryl methyl sites for hydroxylation is 1. The summed E-state index contributed by atoms with van der Waals surface area (Å²) in [5.41, 5.74) is 0.922. The summed E-state index contributed by atoms with van der Waals surface area (Å²) >= 11 is 0. The Kier molecular flexibility index (Phi) is 6.00. The number of carbonyl (C=O) groups excluding carboxylic acids is 1. The van der Waals surface area contributed by atoms with Crippen LogP contribution in [0.25, 0.3) is 0 Å². The molecule has 2 atom stereocenters. The Hall–Kier alpha value is -2.39. The van der Waals surface area contributed by atoms with Crippen LogP contribution in [-0.4, -0.2) is 27.4 Å². The minimum Gasteiger partial charge on any atom is -0.355 e. The van der Waals surface area contributed by atoms with Crippen LogP contribution in [-0.2, 0) is 21.0 Å². The number of alkyl halides is 3. The topological polar surface area (TPSA) is 75.3 Å². The normalized spacial score (nSPS) is 19.0. The Bertz CT molecular complexity index is 972. The van der Waals surface area contributed by atoms with Gasteiger partial charge in [-0.2, -0.15) is 13.2 Å². The monoisotopic (exact) mass is 426 g/mol. The van der Waals surface area contributed by atoms with E-state index in [-0.39, 0.29) is 35.7 Å². The van der Waals surface area contributed by atoms with Gasteiger partial charge in [0.05, 0.1) is 10.5 Å². The van der Waals surface area contributed by atoms with Crippen LogP contribution in [0.15, 0.2) is 53.4 Å². The summed E-state index contributed by atoms with van der Waals surface area (Å²) in [5.74, 6) is -0.647. The summed E-state index contributed by atoms with van der Waals surface area (Å²) in [6, 6.07) is 11.2. The molecular formula is C20H21F3N2O3S. The maximum Gasteiger partial charge on any atom is 0.416 e. The predicted octanol–water partition coefficient (Wildman–Crippen LogP) is 3.21. The van der Waals surface area contributed by atoms with Crippen molar-refractivity contribution in [3.63, 3.8) is 0 Å². The summed E-state index contributed by atoms with van der Waals surface area (Å²) in [5, 5.41) is 2.67. The molecular weight excluding hydrogens is 405 g/mol. The van der Waals surface area contributed by atoms with Crippen molar-refractivity contribution in [1.29, 1.82) is 0 Å². The molecule has 9 heteroatoms. The zero-order valence-corrected chi connectivity index (χ0v) is 16.5. The van der Waals surface area contributed by atoms with Gasteiger partial charge in [-0.25, -0.2) is 13.1 Å². The first-order valence-electron chi connectivity index (χ1n) is 9.09. The second-order valence-corrected chi connectivity index (χ2v) is 8.84. The summed E-state index contributed by atoms with van der Waals surface area (Å²) in [7, 11) is -3.64. The van der Waals surface area contributed by atoms with Gasteiger partial charge in [-0.3, -0.25) is 4.79 Å². The zero-order valence-electron chi connectivity index (χ0n) is 15.7. The molecule has 2 unspecified atom stereocenters. The van der Waals surface area contributed by atoms with E-state index in [1.54, 1.807) is 12.1 Å². The predicted molar refractivity (Wildman–Crippen MR) is 102 cm³/mol. The number of benzene rings is 2. The van der Waals surface area contributed by atoms with E-state index in [1.807, 2.05) is 6.92 Å². The Labute approximate surface area is 167 Å². The molecule has 156 valence electrons. The van der Waals surface area contributed by atoms with E-state index in [4.69, 9.17) is 0 Å². The molecule has 2 aromatic carbocycles. The summed E-state index contributed by atoms with van der Waals surface area (Å²) in [6.07, 6.45) is -3.82. The number of amides is 1. The Morgan fingerprint density at radius 3 is 2.24 bits per heavy atom. The van der Waals surface area contributed by atoms with Crippen molar-refractivity contribution in [2.75, 3.05) is 13.1 Å². The van der Waals surface area contributed by atoms with E-state index in [2.05, 4.69) is 10.0 Å². The summed E-state index contributed by atoms with van der Waals surface area (Å²) in [6.45, 7) is 2.02. The second-order valence-electron chi connectivity index (χ2n) is 7.07. The van der Waals surface area contributed by atoms with Crippen LogP contribution >= 0.6 is 0 Å². The number of carbonyl (C=O) groups is 1. The minimum absolute atomic E-state index is 0.0413. The van der Waals surface area contributed by atoms with Gasteiger partial charge in [-0.05, 0) is 49.1 Å². The minimum atomic E-state index is -4.38. The molecule has 0 aliphatic heterocycles. The number of hydrogen-bond acceptors (Lipinski definition) is 3. The molecule has 3 rings (SSSR count). The molecule has 2 N–H and O–H groups in total. The van der Waals surface area contributed by atoms with Gasteiger partial charge in [0.25, 0.3) is 0 Å². The van der Waals surface area contributed by atoms with Crippen LogP contribution < -0.4 is 10.0 Å². The van der Waals surface area contributed by atoms with Crippen LogP contribution in [0.2, 0.25) is 0 Å². The van der Waals surface area contributed by atoms with Gasteiger partial charge in [-0.1, -0.05) is 29.8 Å². The standard InChI is InChI=1S/C20H21F3N2O3S/c1-13-2-8-16(9-3-13)29(27,28)25-11-10-24-19(26)18-12-17(18)14-4-6-15(7-5-14)20(21,22)23/h2-9,17-18,25H,10-12H2,1H3,(H,24,26). The smallest absolute Gasteiger partial charge is 0.355 e. The van der Waals surface area contributed by atoms with Crippen molar-refractivity contribution in [3.05, 3.63) is 65.2 Å². The van der Waals surface area contributed by atoms with Gasteiger partial charge in [0.1, 0.15) is 0 Å². The number of rotatable bonds is 7. The third-order valence-electron chi connectivity index (χ3n) is 4.84. The molecule has 1 aliphatic carbocycles. The molecule has 1 fully saturated rings.